The molecular weight excluding hydrogens is 261 g/mol. The number of aryl methyl sites for hydroxylation is 1. The van der Waals surface area contributed by atoms with Crippen molar-refractivity contribution in [3.63, 3.8) is 0 Å². The third-order valence-corrected chi connectivity index (χ3v) is 2.73. The molecule has 0 bridgehead atoms. The Morgan fingerprint density at radius 3 is 2.60 bits per heavy atom. The van der Waals surface area contributed by atoms with Crippen LogP contribution in [0.5, 0.6) is 0 Å². The van der Waals surface area contributed by atoms with Crippen molar-refractivity contribution in [3.8, 4) is 0 Å². The van der Waals surface area contributed by atoms with Crippen molar-refractivity contribution < 1.29 is 19.1 Å². The highest BCUT2D eigenvalue weighted by Gasteiger charge is 2.12. The molecule has 20 heavy (non-hydrogen) atoms. The molecule has 0 unspecified atom stereocenters. The van der Waals surface area contributed by atoms with Crippen LogP contribution in [0.1, 0.15) is 26.3 Å². The zero-order valence-electron chi connectivity index (χ0n) is 10.7. The van der Waals surface area contributed by atoms with E-state index in [0.29, 0.717) is 5.69 Å². The molecule has 0 radical (unpaired) electrons. The van der Waals surface area contributed by atoms with E-state index in [4.69, 9.17) is 5.11 Å². The molecule has 5 heteroatoms. The maximum absolute atomic E-state index is 13.6. The SMILES string of the molecule is Cc1ccc(F)c(C(=O)Nc2cccc(C(=O)O)c2)c1. The molecular formula is C15H12FNO3. The van der Waals surface area contributed by atoms with Gasteiger partial charge in [-0.15, -0.1) is 0 Å². The van der Waals surface area contributed by atoms with Crippen molar-refractivity contribution in [1.82, 2.24) is 0 Å². The van der Waals surface area contributed by atoms with Crippen LogP contribution in [0.4, 0.5) is 10.1 Å². The number of nitrogens with one attached hydrogen (secondary N) is 1. The summed E-state index contributed by atoms with van der Waals surface area (Å²) in [6.07, 6.45) is 0. The first-order chi connectivity index (χ1) is 9.47. The third kappa shape index (κ3) is 3.00. The average molecular weight is 273 g/mol. The first-order valence-corrected chi connectivity index (χ1v) is 5.88. The smallest absolute Gasteiger partial charge is 0.335 e. The number of carboxylic acids is 1. The molecule has 0 heterocycles. The fourth-order valence-electron chi connectivity index (χ4n) is 1.74. The molecule has 2 rings (SSSR count). The summed E-state index contributed by atoms with van der Waals surface area (Å²) < 4.78 is 13.6. The highest BCUT2D eigenvalue weighted by molar-refractivity contribution is 6.05. The molecule has 2 aromatic rings. The summed E-state index contributed by atoms with van der Waals surface area (Å²) in [7, 11) is 0. The van der Waals surface area contributed by atoms with E-state index < -0.39 is 17.7 Å². The van der Waals surface area contributed by atoms with Gasteiger partial charge in [0.25, 0.3) is 5.91 Å². The first kappa shape index (κ1) is 13.7. The van der Waals surface area contributed by atoms with Gasteiger partial charge >= 0.3 is 5.97 Å². The number of carboxylic acid groups (broad SMARTS) is 1. The van der Waals surface area contributed by atoms with Crippen LogP contribution in [0.2, 0.25) is 0 Å². The zero-order valence-corrected chi connectivity index (χ0v) is 10.7. The minimum atomic E-state index is -1.09. The maximum atomic E-state index is 13.6. The van der Waals surface area contributed by atoms with Crippen molar-refractivity contribution in [2.75, 3.05) is 5.32 Å². The van der Waals surface area contributed by atoms with Gasteiger partial charge in [-0.1, -0.05) is 17.7 Å². The molecule has 0 aliphatic rings. The number of hydrogen-bond acceptors (Lipinski definition) is 2. The quantitative estimate of drug-likeness (QED) is 0.903. The highest BCUT2D eigenvalue weighted by atomic mass is 19.1. The molecule has 0 aliphatic heterocycles. The number of halogens is 1. The molecule has 2 aromatic carbocycles. The van der Waals surface area contributed by atoms with E-state index in [9.17, 15) is 14.0 Å². The number of aromatic carboxylic acids is 1. The number of hydrogen-bond donors (Lipinski definition) is 2. The predicted octanol–water partition coefficient (Wildman–Crippen LogP) is 3.08. The molecule has 0 atom stereocenters. The van der Waals surface area contributed by atoms with E-state index in [-0.39, 0.29) is 11.1 Å². The van der Waals surface area contributed by atoms with Crippen LogP contribution in [0, 0.1) is 12.7 Å². The van der Waals surface area contributed by atoms with E-state index in [1.807, 2.05) is 0 Å². The van der Waals surface area contributed by atoms with Crippen molar-refractivity contribution in [3.05, 3.63) is 65.0 Å². The van der Waals surface area contributed by atoms with Gasteiger partial charge in [0.15, 0.2) is 0 Å². The van der Waals surface area contributed by atoms with Crippen LogP contribution in [0.3, 0.4) is 0 Å². The van der Waals surface area contributed by atoms with Gasteiger partial charge in [0.2, 0.25) is 0 Å². The molecule has 0 saturated carbocycles. The Bertz CT molecular complexity index is 683. The van der Waals surface area contributed by atoms with Gasteiger partial charge < -0.3 is 10.4 Å². The van der Waals surface area contributed by atoms with Gasteiger partial charge in [-0.2, -0.15) is 0 Å². The van der Waals surface area contributed by atoms with Gasteiger partial charge in [0, 0.05) is 5.69 Å². The third-order valence-electron chi connectivity index (χ3n) is 2.73. The average Bonchev–Trinajstić information content (AvgIpc) is 2.41. The summed E-state index contributed by atoms with van der Waals surface area (Å²) in [5.41, 5.74) is 1.03. The van der Waals surface area contributed by atoms with Crippen LogP contribution in [0.15, 0.2) is 42.5 Å². The molecule has 1 amide bonds. The molecule has 2 N–H and O–H groups in total. The van der Waals surface area contributed by atoms with Gasteiger partial charge in [0.05, 0.1) is 11.1 Å². The lowest BCUT2D eigenvalue weighted by atomic mass is 10.1. The molecule has 0 aliphatic carbocycles. The molecule has 0 saturated heterocycles. The largest absolute Gasteiger partial charge is 0.478 e. The molecule has 4 nitrogen and oxygen atoms in total. The Balaban J connectivity index is 2.25. The minimum Gasteiger partial charge on any atom is -0.478 e. The number of rotatable bonds is 3. The molecule has 0 aromatic heterocycles. The van der Waals surface area contributed by atoms with Gasteiger partial charge in [-0.05, 0) is 37.3 Å². The summed E-state index contributed by atoms with van der Waals surface area (Å²) in [5, 5.41) is 11.3. The van der Waals surface area contributed by atoms with Crippen molar-refractivity contribution in [2.45, 2.75) is 6.92 Å². The first-order valence-electron chi connectivity index (χ1n) is 5.88. The number of benzene rings is 2. The number of carbonyl (C=O) groups excluding carboxylic acids is 1. The van der Waals surface area contributed by atoms with E-state index in [0.717, 1.165) is 5.56 Å². The Labute approximate surface area is 114 Å². The monoisotopic (exact) mass is 273 g/mol. The Morgan fingerprint density at radius 2 is 1.90 bits per heavy atom. The summed E-state index contributed by atoms with van der Waals surface area (Å²) in [6.45, 7) is 1.75. The minimum absolute atomic E-state index is 0.0486. The lowest BCUT2D eigenvalue weighted by Crippen LogP contribution is -2.14. The summed E-state index contributed by atoms with van der Waals surface area (Å²) in [6, 6.07) is 9.99. The second kappa shape index (κ2) is 5.52. The van der Waals surface area contributed by atoms with E-state index in [2.05, 4.69) is 5.32 Å². The predicted molar refractivity (Wildman–Crippen MR) is 72.5 cm³/mol. The lowest BCUT2D eigenvalue weighted by Gasteiger charge is -2.07. The number of amides is 1. The van der Waals surface area contributed by atoms with Crippen molar-refractivity contribution in [2.24, 2.45) is 0 Å². The van der Waals surface area contributed by atoms with Crippen molar-refractivity contribution in [1.29, 1.82) is 0 Å². The van der Waals surface area contributed by atoms with E-state index in [1.165, 1.54) is 36.4 Å². The molecule has 0 spiro atoms. The Kier molecular flexibility index (Phi) is 3.79. The standard InChI is InChI=1S/C15H12FNO3/c1-9-5-6-13(16)12(7-9)14(18)17-11-4-2-3-10(8-11)15(19)20/h2-8H,1H3,(H,17,18)(H,19,20). The van der Waals surface area contributed by atoms with Gasteiger partial charge in [0.1, 0.15) is 5.82 Å². The van der Waals surface area contributed by atoms with Gasteiger partial charge in [-0.3, -0.25) is 4.79 Å². The Morgan fingerprint density at radius 1 is 1.15 bits per heavy atom. The van der Waals surface area contributed by atoms with E-state index >= 15 is 0 Å². The zero-order chi connectivity index (χ0) is 14.7. The normalized spacial score (nSPS) is 10.1. The second-order valence-electron chi connectivity index (χ2n) is 4.32. The molecule has 102 valence electrons. The topological polar surface area (TPSA) is 66.4 Å². The number of anilines is 1. The fraction of sp³-hybridized carbons (Fsp3) is 0.0667. The number of carbonyl (C=O) groups is 2. The van der Waals surface area contributed by atoms with Crippen LogP contribution in [-0.2, 0) is 0 Å². The lowest BCUT2D eigenvalue weighted by molar-refractivity contribution is 0.0696. The van der Waals surface area contributed by atoms with Gasteiger partial charge in [-0.25, -0.2) is 9.18 Å². The summed E-state index contributed by atoms with van der Waals surface area (Å²) >= 11 is 0. The van der Waals surface area contributed by atoms with Crippen LogP contribution < -0.4 is 5.32 Å². The van der Waals surface area contributed by atoms with Crippen LogP contribution in [0.25, 0.3) is 0 Å². The fourth-order valence-corrected chi connectivity index (χ4v) is 1.74. The van der Waals surface area contributed by atoms with Crippen LogP contribution >= 0.6 is 0 Å². The molecule has 0 fully saturated rings. The summed E-state index contributed by atoms with van der Waals surface area (Å²) in [5.74, 6) is -2.33. The van der Waals surface area contributed by atoms with Crippen molar-refractivity contribution >= 4 is 17.6 Å². The Hall–Kier alpha value is -2.69. The highest BCUT2D eigenvalue weighted by Crippen LogP contribution is 2.15. The second-order valence-corrected chi connectivity index (χ2v) is 4.32. The van der Waals surface area contributed by atoms with E-state index in [1.54, 1.807) is 13.0 Å². The van der Waals surface area contributed by atoms with Crippen LogP contribution in [-0.4, -0.2) is 17.0 Å². The summed E-state index contributed by atoms with van der Waals surface area (Å²) in [4.78, 5) is 22.8. The maximum Gasteiger partial charge on any atom is 0.335 e.